The van der Waals surface area contributed by atoms with Crippen molar-refractivity contribution >= 4 is 11.7 Å². The van der Waals surface area contributed by atoms with Crippen LogP contribution >= 0.6 is 0 Å². The van der Waals surface area contributed by atoms with Crippen molar-refractivity contribution in [2.75, 3.05) is 26.2 Å². The SMILES string of the molecule is Cc1ccc(C2C(C(=O)c3ccco3)=C(O)C(=O)N2CCN2CCCCC2)cc1. The summed E-state index contributed by atoms with van der Waals surface area (Å²) >= 11 is 0. The maximum absolute atomic E-state index is 13.1. The van der Waals surface area contributed by atoms with Crippen LogP contribution in [0.1, 0.15) is 47.0 Å². The molecule has 3 heterocycles. The van der Waals surface area contributed by atoms with Gasteiger partial charge in [0.25, 0.3) is 5.91 Å². The molecular formula is C23H26N2O4. The van der Waals surface area contributed by atoms with Gasteiger partial charge in [0.1, 0.15) is 0 Å². The van der Waals surface area contributed by atoms with Gasteiger partial charge in [-0.1, -0.05) is 36.2 Å². The predicted molar refractivity (Wildman–Crippen MR) is 109 cm³/mol. The lowest BCUT2D eigenvalue weighted by atomic mass is 9.94. The average molecular weight is 394 g/mol. The van der Waals surface area contributed by atoms with Crippen LogP contribution in [0.4, 0.5) is 0 Å². The number of hydrogen-bond donors (Lipinski definition) is 1. The first-order valence-electron chi connectivity index (χ1n) is 10.2. The van der Waals surface area contributed by atoms with Crippen molar-refractivity contribution < 1.29 is 19.1 Å². The Labute approximate surface area is 170 Å². The molecule has 1 unspecified atom stereocenters. The number of rotatable bonds is 6. The third kappa shape index (κ3) is 3.85. The number of carbonyl (C=O) groups is 2. The third-order valence-corrected chi connectivity index (χ3v) is 5.79. The first kappa shape index (κ1) is 19.5. The monoisotopic (exact) mass is 394 g/mol. The van der Waals surface area contributed by atoms with E-state index in [-0.39, 0.29) is 11.3 Å². The van der Waals surface area contributed by atoms with E-state index >= 15 is 0 Å². The second-order valence-corrected chi connectivity index (χ2v) is 7.78. The Morgan fingerprint density at radius 2 is 1.83 bits per heavy atom. The van der Waals surface area contributed by atoms with E-state index in [0.29, 0.717) is 6.54 Å². The zero-order valence-electron chi connectivity index (χ0n) is 16.6. The number of benzene rings is 1. The van der Waals surface area contributed by atoms with Crippen LogP contribution in [0, 0.1) is 6.92 Å². The summed E-state index contributed by atoms with van der Waals surface area (Å²) in [6.45, 7) is 5.21. The molecule has 6 nitrogen and oxygen atoms in total. The number of aryl methyl sites for hydroxylation is 1. The normalized spacial score (nSPS) is 20.5. The van der Waals surface area contributed by atoms with Gasteiger partial charge in [-0.2, -0.15) is 0 Å². The van der Waals surface area contributed by atoms with Crippen LogP contribution in [0.3, 0.4) is 0 Å². The van der Waals surface area contributed by atoms with Gasteiger partial charge in [0, 0.05) is 13.1 Å². The highest BCUT2D eigenvalue weighted by Gasteiger charge is 2.44. The van der Waals surface area contributed by atoms with Gasteiger partial charge in [-0.3, -0.25) is 9.59 Å². The summed E-state index contributed by atoms with van der Waals surface area (Å²) in [4.78, 5) is 30.0. The van der Waals surface area contributed by atoms with Gasteiger partial charge >= 0.3 is 0 Å². The number of Topliss-reactive ketones (excluding diaryl/α,β-unsaturated/α-hetero) is 1. The maximum Gasteiger partial charge on any atom is 0.290 e. The van der Waals surface area contributed by atoms with E-state index in [1.807, 2.05) is 31.2 Å². The van der Waals surface area contributed by atoms with Crippen LogP contribution in [0.15, 0.2) is 58.4 Å². The molecule has 152 valence electrons. The molecule has 1 fully saturated rings. The van der Waals surface area contributed by atoms with Crippen molar-refractivity contribution in [3.05, 3.63) is 70.9 Å². The fourth-order valence-corrected chi connectivity index (χ4v) is 4.18. The van der Waals surface area contributed by atoms with Gasteiger partial charge in [0.05, 0.1) is 17.9 Å². The molecule has 2 aromatic rings. The standard InChI is InChI=1S/C23H26N2O4/c1-16-7-9-17(10-8-16)20-19(21(26)18-6-5-15-29-18)22(27)23(28)25(20)14-13-24-11-3-2-4-12-24/h5-10,15,20,27H,2-4,11-14H2,1H3. The molecule has 6 heteroatoms. The quantitative estimate of drug-likeness (QED) is 0.757. The molecule has 1 aromatic carbocycles. The molecular weight excluding hydrogens is 368 g/mol. The Morgan fingerprint density at radius 1 is 1.10 bits per heavy atom. The molecule has 4 rings (SSSR count). The number of carbonyl (C=O) groups excluding carboxylic acids is 2. The van der Waals surface area contributed by atoms with Crippen LogP contribution < -0.4 is 0 Å². The Morgan fingerprint density at radius 3 is 2.48 bits per heavy atom. The molecule has 2 aliphatic heterocycles. The zero-order valence-corrected chi connectivity index (χ0v) is 16.6. The molecule has 0 saturated carbocycles. The van der Waals surface area contributed by atoms with Crippen molar-refractivity contribution in [3.8, 4) is 0 Å². The molecule has 0 radical (unpaired) electrons. The molecule has 0 spiro atoms. The van der Waals surface area contributed by atoms with E-state index in [4.69, 9.17) is 4.42 Å². The number of nitrogens with zero attached hydrogens (tertiary/aromatic N) is 2. The van der Waals surface area contributed by atoms with E-state index in [9.17, 15) is 14.7 Å². The Kier molecular flexibility index (Phi) is 5.53. The minimum atomic E-state index is -0.620. The summed E-state index contributed by atoms with van der Waals surface area (Å²) in [5, 5.41) is 10.6. The maximum atomic E-state index is 13.1. The van der Waals surface area contributed by atoms with Gasteiger partial charge in [-0.25, -0.2) is 0 Å². The highest BCUT2D eigenvalue weighted by Crippen LogP contribution is 2.39. The average Bonchev–Trinajstić information content (AvgIpc) is 3.36. The highest BCUT2D eigenvalue weighted by atomic mass is 16.3. The van der Waals surface area contributed by atoms with Gasteiger partial charge in [0.2, 0.25) is 5.78 Å². The minimum Gasteiger partial charge on any atom is -0.503 e. The van der Waals surface area contributed by atoms with Crippen molar-refractivity contribution in [2.45, 2.75) is 32.2 Å². The number of aliphatic hydroxyl groups is 1. The number of ketones is 1. The number of aliphatic hydroxyl groups excluding tert-OH is 1. The lowest BCUT2D eigenvalue weighted by molar-refractivity contribution is -0.129. The van der Waals surface area contributed by atoms with E-state index < -0.39 is 23.5 Å². The topological polar surface area (TPSA) is 74.0 Å². The fourth-order valence-electron chi connectivity index (χ4n) is 4.18. The molecule has 1 saturated heterocycles. The van der Waals surface area contributed by atoms with Gasteiger partial charge in [-0.15, -0.1) is 0 Å². The number of amides is 1. The van der Waals surface area contributed by atoms with Crippen LogP contribution in [0.2, 0.25) is 0 Å². The highest BCUT2D eigenvalue weighted by molar-refractivity contribution is 6.15. The van der Waals surface area contributed by atoms with Crippen LogP contribution in [-0.2, 0) is 4.79 Å². The Bertz CT molecular complexity index is 909. The van der Waals surface area contributed by atoms with E-state index in [1.165, 1.54) is 25.5 Å². The van der Waals surface area contributed by atoms with Crippen LogP contribution in [0.25, 0.3) is 0 Å². The third-order valence-electron chi connectivity index (χ3n) is 5.79. The first-order valence-corrected chi connectivity index (χ1v) is 10.2. The summed E-state index contributed by atoms with van der Waals surface area (Å²) in [7, 11) is 0. The van der Waals surface area contributed by atoms with E-state index in [2.05, 4.69) is 4.90 Å². The Balaban J connectivity index is 1.66. The van der Waals surface area contributed by atoms with Gasteiger partial charge in [-0.05, 0) is 50.6 Å². The second-order valence-electron chi connectivity index (χ2n) is 7.78. The zero-order chi connectivity index (χ0) is 20.4. The number of furan rings is 1. The molecule has 0 bridgehead atoms. The Hall–Kier alpha value is -2.86. The summed E-state index contributed by atoms with van der Waals surface area (Å²) in [6.07, 6.45) is 4.99. The molecule has 1 amide bonds. The van der Waals surface area contributed by atoms with Crippen LogP contribution in [0.5, 0.6) is 0 Å². The molecule has 1 atom stereocenters. The van der Waals surface area contributed by atoms with E-state index in [0.717, 1.165) is 30.8 Å². The predicted octanol–water partition coefficient (Wildman–Crippen LogP) is 3.65. The second kappa shape index (κ2) is 8.25. The summed E-state index contributed by atoms with van der Waals surface area (Å²) in [5.41, 5.74) is 1.99. The lowest BCUT2D eigenvalue weighted by Gasteiger charge is -2.31. The smallest absolute Gasteiger partial charge is 0.290 e. The summed E-state index contributed by atoms with van der Waals surface area (Å²) in [6, 6.07) is 10.3. The summed E-state index contributed by atoms with van der Waals surface area (Å²) in [5.74, 6) is -1.31. The first-order chi connectivity index (χ1) is 14.1. The lowest BCUT2D eigenvalue weighted by Crippen LogP contribution is -2.40. The van der Waals surface area contributed by atoms with Gasteiger partial charge in [0.15, 0.2) is 11.5 Å². The summed E-state index contributed by atoms with van der Waals surface area (Å²) < 4.78 is 5.25. The number of likely N-dealkylation sites (tertiary alicyclic amines) is 1. The molecule has 1 aromatic heterocycles. The molecule has 2 aliphatic rings. The minimum absolute atomic E-state index is 0.0902. The largest absolute Gasteiger partial charge is 0.503 e. The molecule has 0 aliphatic carbocycles. The molecule has 29 heavy (non-hydrogen) atoms. The van der Waals surface area contributed by atoms with Crippen molar-refractivity contribution in [1.29, 1.82) is 0 Å². The fraction of sp³-hybridized carbons (Fsp3) is 0.391. The van der Waals surface area contributed by atoms with Crippen molar-refractivity contribution in [1.82, 2.24) is 9.80 Å². The number of piperidine rings is 1. The molecule has 1 N–H and O–H groups in total. The number of hydrogen-bond acceptors (Lipinski definition) is 5. The van der Waals surface area contributed by atoms with Gasteiger partial charge < -0.3 is 19.3 Å². The van der Waals surface area contributed by atoms with Crippen LogP contribution in [-0.4, -0.2) is 52.8 Å². The van der Waals surface area contributed by atoms with E-state index in [1.54, 1.807) is 17.0 Å². The van der Waals surface area contributed by atoms with Crippen molar-refractivity contribution in [2.24, 2.45) is 0 Å². The van der Waals surface area contributed by atoms with Crippen molar-refractivity contribution in [3.63, 3.8) is 0 Å².